The van der Waals surface area contributed by atoms with E-state index < -0.39 is 0 Å². The molecule has 202 valence electrons. The molecule has 0 saturated carbocycles. The molecule has 0 amide bonds. The van der Waals surface area contributed by atoms with Crippen LogP contribution in [0.1, 0.15) is 0 Å². The summed E-state index contributed by atoms with van der Waals surface area (Å²) in [6.07, 6.45) is 0. The molecule has 0 spiro atoms. The van der Waals surface area contributed by atoms with E-state index in [1.54, 1.807) is 11.3 Å². The number of hydrogen-bond acceptors (Lipinski definition) is 4. The first-order chi connectivity index (χ1) is 21.3. The number of fused-ring (bicyclic) bond motifs is 3. The van der Waals surface area contributed by atoms with Crippen LogP contribution in [0.5, 0.6) is 0 Å². The molecule has 8 rings (SSSR count). The molecular formula is C39H25N3S. The van der Waals surface area contributed by atoms with Crippen LogP contribution in [0.4, 0.5) is 0 Å². The fraction of sp³-hybridized carbons (Fsp3) is 0. The van der Waals surface area contributed by atoms with Crippen molar-refractivity contribution in [3.8, 4) is 56.4 Å². The number of aromatic nitrogens is 3. The van der Waals surface area contributed by atoms with Crippen molar-refractivity contribution in [1.82, 2.24) is 15.0 Å². The fourth-order valence-corrected chi connectivity index (χ4v) is 6.90. The van der Waals surface area contributed by atoms with E-state index in [1.807, 2.05) is 18.2 Å². The Morgan fingerprint density at radius 3 is 1.70 bits per heavy atom. The Morgan fingerprint density at radius 2 is 0.884 bits per heavy atom. The standard InChI is InChI=1S/C39H25N3S/c1-3-13-26(14-4-1)28-17-11-18-29(25-28)37-40-38(33-21-8-7-19-30(33)27-15-5-2-6-16-27)42-39(41-37)34-23-12-22-32-31-20-9-10-24-35(31)43-36(32)34/h1-25H. The maximum atomic E-state index is 5.17. The molecule has 6 aromatic carbocycles. The van der Waals surface area contributed by atoms with Crippen molar-refractivity contribution in [3.63, 3.8) is 0 Å². The Hall–Kier alpha value is -5.45. The van der Waals surface area contributed by atoms with Gasteiger partial charge in [-0.05, 0) is 40.5 Å². The Morgan fingerprint density at radius 1 is 0.349 bits per heavy atom. The van der Waals surface area contributed by atoms with Crippen LogP contribution in [0.3, 0.4) is 0 Å². The van der Waals surface area contributed by atoms with Gasteiger partial charge in [-0.15, -0.1) is 11.3 Å². The zero-order chi connectivity index (χ0) is 28.6. The van der Waals surface area contributed by atoms with E-state index in [-0.39, 0.29) is 0 Å². The number of hydrogen-bond donors (Lipinski definition) is 0. The first-order valence-corrected chi connectivity index (χ1v) is 15.1. The van der Waals surface area contributed by atoms with Gasteiger partial charge in [-0.1, -0.05) is 133 Å². The zero-order valence-corrected chi connectivity index (χ0v) is 24.0. The summed E-state index contributed by atoms with van der Waals surface area (Å²) in [6.45, 7) is 0. The van der Waals surface area contributed by atoms with Crippen LogP contribution < -0.4 is 0 Å². The molecule has 0 fully saturated rings. The van der Waals surface area contributed by atoms with Crippen molar-refractivity contribution in [3.05, 3.63) is 152 Å². The van der Waals surface area contributed by atoms with Crippen molar-refractivity contribution in [2.45, 2.75) is 0 Å². The minimum atomic E-state index is 0.652. The number of nitrogens with zero attached hydrogens (tertiary/aromatic N) is 3. The quantitative estimate of drug-likeness (QED) is 0.208. The van der Waals surface area contributed by atoms with Crippen LogP contribution in [0, 0.1) is 0 Å². The van der Waals surface area contributed by atoms with Gasteiger partial charge < -0.3 is 0 Å². The minimum absolute atomic E-state index is 0.652. The molecule has 0 bridgehead atoms. The van der Waals surface area contributed by atoms with Crippen molar-refractivity contribution in [1.29, 1.82) is 0 Å². The van der Waals surface area contributed by atoms with E-state index in [0.717, 1.165) is 38.9 Å². The van der Waals surface area contributed by atoms with Gasteiger partial charge >= 0.3 is 0 Å². The summed E-state index contributed by atoms with van der Waals surface area (Å²) < 4.78 is 2.44. The highest BCUT2D eigenvalue weighted by Gasteiger charge is 2.18. The maximum Gasteiger partial charge on any atom is 0.165 e. The molecule has 43 heavy (non-hydrogen) atoms. The van der Waals surface area contributed by atoms with Crippen LogP contribution in [0.25, 0.3) is 76.6 Å². The Bertz CT molecular complexity index is 2240. The minimum Gasteiger partial charge on any atom is -0.208 e. The molecule has 8 aromatic rings. The number of rotatable bonds is 5. The molecule has 4 heteroatoms. The Balaban J connectivity index is 1.38. The number of benzene rings is 6. The second kappa shape index (κ2) is 10.8. The summed E-state index contributed by atoms with van der Waals surface area (Å²) >= 11 is 1.79. The molecule has 0 saturated heterocycles. The maximum absolute atomic E-state index is 5.17. The summed E-state index contributed by atoms with van der Waals surface area (Å²) in [6, 6.07) is 52.6. The molecule has 0 aliphatic carbocycles. The molecule has 2 heterocycles. The molecule has 0 radical (unpaired) electrons. The molecule has 3 nitrogen and oxygen atoms in total. The molecule has 0 unspecified atom stereocenters. The third-order valence-corrected chi connectivity index (χ3v) is 8.98. The second-order valence-electron chi connectivity index (χ2n) is 10.4. The highest BCUT2D eigenvalue weighted by molar-refractivity contribution is 7.26. The van der Waals surface area contributed by atoms with Crippen molar-refractivity contribution >= 4 is 31.5 Å². The molecule has 0 aliphatic rings. The monoisotopic (exact) mass is 567 g/mol. The fourth-order valence-electron chi connectivity index (χ4n) is 5.69. The zero-order valence-electron chi connectivity index (χ0n) is 23.2. The lowest BCUT2D eigenvalue weighted by Gasteiger charge is -2.13. The van der Waals surface area contributed by atoms with E-state index in [2.05, 4.69) is 133 Å². The average molecular weight is 568 g/mol. The third-order valence-electron chi connectivity index (χ3n) is 7.76. The number of thiophene rings is 1. The van der Waals surface area contributed by atoms with E-state index in [9.17, 15) is 0 Å². The highest BCUT2D eigenvalue weighted by atomic mass is 32.1. The van der Waals surface area contributed by atoms with E-state index >= 15 is 0 Å². The first kappa shape index (κ1) is 25.3. The highest BCUT2D eigenvalue weighted by Crippen LogP contribution is 2.40. The third kappa shape index (κ3) is 4.68. The van der Waals surface area contributed by atoms with Gasteiger partial charge in [0.25, 0.3) is 0 Å². The lowest BCUT2D eigenvalue weighted by Crippen LogP contribution is -2.01. The molecule has 0 aliphatic heterocycles. The smallest absolute Gasteiger partial charge is 0.165 e. The first-order valence-electron chi connectivity index (χ1n) is 14.3. The predicted octanol–water partition coefficient (Wildman–Crippen LogP) is 10.6. The molecule has 0 atom stereocenters. The van der Waals surface area contributed by atoms with E-state index in [4.69, 9.17) is 15.0 Å². The van der Waals surface area contributed by atoms with Gasteiger partial charge in [-0.3, -0.25) is 0 Å². The summed E-state index contributed by atoms with van der Waals surface area (Å²) in [5.41, 5.74) is 7.43. The summed E-state index contributed by atoms with van der Waals surface area (Å²) in [7, 11) is 0. The average Bonchev–Trinajstić information content (AvgIpc) is 3.48. The van der Waals surface area contributed by atoms with Gasteiger partial charge in [0, 0.05) is 36.9 Å². The predicted molar refractivity (Wildman–Crippen MR) is 180 cm³/mol. The van der Waals surface area contributed by atoms with Crippen LogP contribution in [0.2, 0.25) is 0 Å². The van der Waals surface area contributed by atoms with Crippen LogP contribution >= 0.6 is 11.3 Å². The van der Waals surface area contributed by atoms with Gasteiger partial charge in [0.2, 0.25) is 0 Å². The SMILES string of the molecule is c1ccc(-c2cccc(-c3nc(-c4ccccc4-c4ccccc4)nc(-c4cccc5c4sc4ccccc45)n3)c2)cc1. The lowest BCUT2D eigenvalue weighted by atomic mass is 9.99. The van der Waals surface area contributed by atoms with Crippen molar-refractivity contribution in [2.24, 2.45) is 0 Å². The van der Waals surface area contributed by atoms with Gasteiger partial charge in [-0.25, -0.2) is 15.0 Å². The van der Waals surface area contributed by atoms with Gasteiger partial charge in [0.05, 0.1) is 0 Å². The topological polar surface area (TPSA) is 38.7 Å². The van der Waals surface area contributed by atoms with Crippen LogP contribution in [-0.4, -0.2) is 15.0 Å². The summed E-state index contributed by atoms with van der Waals surface area (Å²) in [5.74, 6) is 1.98. The van der Waals surface area contributed by atoms with Crippen molar-refractivity contribution in [2.75, 3.05) is 0 Å². The van der Waals surface area contributed by atoms with Gasteiger partial charge in [-0.2, -0.15) is 0 Å². The normalized spacial score (nSPS) is 11.3. The molecule has 0 N–H and O–H groups in total. The van der Waals surface area contributed by atoms with Gasteiger partial charge in [0.15, 0.2) is 17.5 Å². The van der Waals surface area contributed by atoms with Crippen LogP contribution in [-0.2, 0) is 0 Å². The summed E-state index contributed by atoms with van der Waals surface area (Å²) in [4.78, 5) is 15.4. The largest absolute Gasteiger partial charge is 0.208 e. The van der Waals surface area contributed by atoms with Gasteiger partial charge in [0.1, 0.15) is 0 Å². The second-order valence-corrected chi connectivity index (χ2v) is 11.5. The lowest BCUT2D eigenvalue weighted by molar-refractivity contribution is 1.08. The van der Waals surface area contributed by atoms with Crippen molar-refractivity contribution < 1.29 is 0 Å². The Kier molecular flexibility index (Phi) is 6.32. The Labute approximate surface area is 253 Å². The van der Waals surface area contributed by atoms with E-state index in [0.29, 0.717) is 17.5 Å². The summed E-state index contributed by atoms with van der Waals surface area (Å²) in [5, 5.41) is 2.47. The van der Waals surface area contributed by atoms with E-state index in [1.165, 1.54) is 20.2 Å². The molecular weight excluding hydrogens is 543 g/mol. The van der Waals surface area contributed by atoms with Crippen LogP contribution in [0.15, 0.2) is 152 Å². The molecule has 2 aromatic heterocycles.